The molecule has 0 aliphatic carbocycles. The molecule has 0 spiro atoms. The molecule has 2 aromatic rings. The van der Waals surface area contributed by atoms with Gasteiger partial charge in [-0.25, -0.2) is 0 Å². The van der Waals surface area contributed by atoms with E-state index >= 15 is 0 Å². The number of halogens is 2. The standard InChI is InChI=1S/C22H19Cl2NO4S2/c1-28-20(26)3-2-10-25-21(27)19(31-22(25)30)11-14-4-8-17(9-5-14)29-13-15-6-7-16(23)12-18(15)24/h4-9,11-12H,2-3,10,13H2,1H3/b19-11-. The van der Waals surface area contributed by atoms with Crippen molar-refractivity contribution in [1.82, 2.24) is 4.90 Å². The Balaban J connectivity index is 1.58. The van der Waals surface area contributed by atoms with Crippen molar-refractivity contribution >= 4 is 69.5 Å². The molecule has 1 aliphatic rings. The van der Waals surface area contributed by atoms with Gasteiger partial charge in [0.2, 0.25) is 0 Å². The van der Waals surface area contributed by atoms with Gasteiger partial charge < -0.3 is 9.47 Å². The van der Waals surface area contributed by atoms with E-state index < -0.39 is 0 Å². The first-order chi connectivity index (χ1) is 14.9. The van der Waals surface area contributed by atoms with Gasteiger partial charge in [-0.05, 0) is 42.3 Å². The lowest BCUT2D eigenvalue weighted by molar-refractivity contribution is -0.141. The van der Waals surface area contributed by atoms with Gasteiger partial charge in [0.05, 0.1) is 12.0 Å². The smallest absolute Gasteiger partial charge is 0.305 e. The summed E-state index contributed by atoms with van der Waals surface area (Å²) < 4.78 is 10.9. The zero-order valence-corrected chi connectivity index (χ0v) is 19.7. The summed E-state index contributed by atoms with van der Waals surface area (Å²) in [5.41, 5.74) is 1.69. The molecule has 0 unspecified atom stereocenters. The summed E-state index contributed by atoms with van der Waals surface area (Å²) in [6, 6.07) is 12.6. The summed E-state index contributed by atoms with van der Waals surface area (Å²) in [5.74, 6) is 0.220. The first-order valence-corrected chi connectivity index (χ1v) is 11.3. The molecule has 162 valence electrons. The fraction of sp³-hybridized carbons (Fsp3) is 0.227. The molecule has 1 fully saturated rings. The van der Waals surface area contributed by atoms with E-state index in [0.29, 0.717) is 44.6 Å². The van der Waals surface area contributed by atoms with Crippen LogP contribution in [-0.2, 0) is 20.9 Å². The van der Waals surface area contributed by atoms with Crippen molar-refractivity contribution in [3.8, 4) is 5.75 Å². The number of hydrogen-bond acceptors (Lipinski definition) is 6. The van der Waals surface area contributed by atoms with Gasteiger partial charge in [-0.3, -0.25) is 14.5 Å². The Kier molecular flexibility index (Phi) is 8.37. The summed E-state index contributed by atoms with van der Waals surface area (Å²) in [6.45, 7) is 0.705. The van der Waals surface area contributed by atoms with Gasteiger partial charge in [0, 0.05) is 28.6 Å². The molecule has 0 saturated carbocycles. The average molecular weight is 496 g/mol. The molecule has 2 aromatic carbocycles. The molecule has 5 nitrogen and oxygen atoms in total. The molecule has 0 radical (unpaired) electrons. The van der Waals surface area contributed by atoms with Crippen LogP contribution in [0.25, 0.3) is 6.08 Å². The minimum Gasteiger partial charge on any atom is -0.489 e. The van der Waals surface area contributed by atoms with Crippen molar-refractivity contribution in [3.05, 3.63) is 68.5 Å². The maximum atomic E-state index is 12.6. The van der Waals surface area contributed by atoms with Crippen LogP contribution in [0.15, 0.2) is 47.4 Å². The van der Waals surface area contributed by atoms with E-state index in [9.17, 15) is 9.59 Å². The van der Waals surface area contributed by atoms with Crippen LogP contribution in [0.4, 0.5) is 0 Å². The molecule has 0 bridgehead atoms. The minimum absolute atomic E-state index is 0.155. The predicted octanol–water partition coefficient (Wildman–Crippen LogP) is 5.73. The first-order valence-electron chi connectivity index (χ1n) is 9.36. The normalized spacial score (nSPS) is 14.9. The molecule has 1 amide bonds. The Morgan fingerprint density at radius 1 is 1.19 bits per heavy atom. The molecule has 3 rings (SSSR count). The van der Waals surface area contributed by atoms with Crippen LogP contribution in [0.5, 0.6) is 5.75 Å². The molecule has 0 atom stereocenters. The Morgan fingerprint density at radius 2 is 1.94 bits per heavy atom. The third-order valence-corrected chi connectivity index (χ3v) is 6.42. The predicted molar refractivity (Wildman–Crippen MR) is 128 cm³/mol. The fourth-order valence-electron chi connectivity index (χ4n) is 2.79. The van der Waals surface area contributed by atoms with Gasteiger partial charge in [-0.15, -0.1) is 0 Å². The van der Waals surface area contributed by atoms with Crippen LogP contribution in [0.3, 0.4) is 0 Å². The molecule has 31 heavy (non-hydrogen) atoms. The zero-order chi connectivity index (χ0) is 22.4. The molecule has 1 heterocycles. The van der Waals surface area contributed by atoms with Crippen LogP contribution in [0.2, 0.25) is 10.0 Å². The Labute approximate surface area is 200 Å². The number of amides is 1. The first kappa shape index (κ1) is 23.6. The quantitative estimate of drug-likeness (QED) is 0.265. The van der Waals surface area contributed by atoms with Gasteiger partial charge in [-0.1, -0.05) is 65.4 Å². The third-order valence-electron chi connectivity index (χ3n) is 4.45. The van der Waals surface area contributed by atoms with Crippen molar-refractivity contribution in [2.45, 2.75) is 19.4 Å². The number of hydrogen-bond donors (Lipinski definition) is 0. The van der Waals surface area contributed by atoms with E-state index in [-0.39, 0.29) is 18.3 Å². The lowest BCUT2D eigenvalue weighted by atomic mass is 10.2. The molecular formula is C22H19Cl2NO4S2. The second kappa shape index (κ2) is 11.0. The summed E-state index contributed by atoms with van der Waals surface area (Å²) in [4.78, 5) is 25.9. The maximum Gasteiger partial charge on any atom is 0.305 e. The van der Waals surface area contributed by atoms with Crippen molar-refractivity contribution in [2.24, 2.45) is 0 Å². The van der Waals surface area contributed by atoms with Gasteiger partial charge in [0.25, 0.3) is 5.91 Å². The minimum atomic E-state index is -0.304. The molecule has 1 aliphatic heterocycles. The number of carbonyl (C=O) groups excluding carboxylic acids is 2. The van der Waals surface area contributed by atoms with Crippen LogP contribution >= 0.6 is 47.2 Å². The Hall–Kier alpha value is -2.06. The number of ether oxygens (including phenoxy) is 2. The number of thioether (sulfide) groups is 1. The number of methoxy groups -OCH3 is 1. The topological polar surface area (TPSA) is 55.8 Å². The second-order valence-corrected chi connectivity index (χ2v) is 9.13. The van der Waals surface area contributed by atoms with Crippen LogP contribution in [-0.4, -0.2) is 34.8 Å². The van der Waals surface area contributed by atoms with E-state index in [1.807, 2.05) is 30.3 Å². The highest BCUT2D eigenvalue weighted by Gasteiger charge is 2.31. The Morgan fingerprint density at radius 3 is 2.61 bits per heavy atom. The number of rotatable bonds is 8. The monoisotopic (exact) mass is 495 g/mol. The number of nitrogens with zero attached hydrogens (tertiary/aromatic N) is 1. The number of thiocarbonyl (C=S) groups is 1. The summed E-state index contributed by atoms with van der Waals surface area (Å²) in [5, 5.41) is 1.13. The number of benzene rings is 2. The van der Waals surface area contributed by atoms with Crippen LogP contribution < -0.4 is 4.74 Å². The Bertz CT molecular complexity index is 1020. The van der Waals surface area contributed by atoms with Crippen molar-refractivity contribution in [2.75, 3.05) is 13.7 Å². The zero-order valence-electron chi connectivity index (χ0n) is 16.6. The highest BCUT2D eigenvalue weighted by atomic mass is 35.5. The lowest BCUT2D eigenvalue weighted by Crippen LogP contribution is -2.29. The van der Waals surface area contributed by atoms with E-state index in [4.69, 9.17) is 40.2 Å². The number of carbonyl (C=O) groups is 2. The van der Waals surface area contributed by atoms with E-state index in [0.717, 1.165) is 11.1 Å². The molecular weight excluding hydrogens is 477 g/mol. The summed E-state index contributed by atoms with van der Waals surface area (Å²) in [6.07, 6.45) is 2.53. The maximum absolute atomic E-state index is 12.6. The van der Waals surface area contributed by atoms with Crippen LogP contribution in [0, 0.1) is 0 Å². The van der Waals surface area contributed by atoms with Crippen molar-refractivity contribution in [3.63, 3.8) is 0 Å². The van der Waals surface area contributed by atoms with Gasteiger partial charge >= 0.3 is 5.97 Å². The number of esters is 1. The second-order valence-electron chi connectivity index (χ2n) is 6.61. The van der Waals surface area contributed by atoms with Gasteiger partial charge in [-0.2, -0.15) is 0 Å². The average Bonchev–Trinajstić information content (AvgIpc) is 3.01. The molecule has 1 saturated heterocycles. The highest BCUT2D eigenvalue weighted by molar-refractivity contribution is 8.26. The highest BCUT2D eigenvalue weighted by Crippen LogP contribution is 2.33. The largest absolute Gasteiger partial charge is 0.489 e. The van der Waals surface area contributed by atoms with E-state index in [1.54, 1.807) is 18.2 Å². The van der Waals surface area contributed by atoms with E-state index in [1.165, 1.54) is 23.8 Å². The molecule has 9 heteroatoms. The summed E-state index contributed by atoms with van der Waals surface area (Å²) >= 11 is 18.6. The van der Waals surface area contributed by atoms with Gasteiger partial charge in [0.1, 0.15) is 16.7 Å². The SMILES string of the molecule is COC(=O)CCCN1C(=O)/C(=C/c2ccc(OCc3ccc(Cl)cc3Cl)cc2)SC1=S. The van der Waals surface area contributed by atoms with Gasteiger partial charge in [0.15, 0.2) is 0 Å². The third kappa shape index (κ3) is 6.46. The summed E-state index contributed by atoms with van der Waals surface area (Å²) in [7, 11) is 1.34. The van der Waals surface area contributed by atoms with Crippen molar-refractivity contribution < 1.29 is 19.1 Å². The van der Waals surface area contributed by atoms with Crippen molar-refractivity contribution in [1.29, 1.82) is 0 Å². The van der Waals surface area contributed by atoms with E-state index in [2.05, 4.69) is 4.74 Å². The lowest BCUT2D eigenvalue weighted by Gasteiger charge is -2.13. The molecule has 0 aromatic heterocycles. The van der Waals surface area contributed by atoms with Crippen LogP contribution in [0.1, 0.15) is 24.0 Å². The fourth-order valence-corrected chi connectivity index (χ4v) is 4.56. The molecule has 0 N–H and O–H groups in total.